The van der Waals surface area contributed by atoms with Crippen molar-refractivity contribution >= 4 is 16.9 Å². The van der Waals surface area contributed by atoms with Crippen LogP contribution in [0.1, 0.15) is 15.9 Å². The second kappa shape index (κ2) is 8.08. The predicted octanol–water partition coefficient (Wildman–Crippen LogP) is 4.17. The number of nitrogens with zero attached hydrogens (tertiary/aromatic N) is 3. The molecule has 2 N–H and O–H groups in total. The van der Waals surface area contributed by atoms with E-state index in [-0.39, 0.29) is 11.7 Å². The van der Waals surface area contributed by atoms with E-state index in [4.69, 9.17) is 10.7 Å². The molecule has 4 rings (SSSR count). The lowest BCUT2D eigenvalue weighted by Crippen LogP contribution is -2.31. The van der Waals surface area contributed by atoms with Gasteiger partial charge in [-0.25, -0.2) is 9.37 Å². The number of aromatic nitrogens is 2. The largest absolute Gasteiger partial charge is 0.340 e. The van der Waals surface area contributed by atoms with Crippen LogP contribution in [0.25, 0.3) is 28.1 Å². The highest BCUT2D eigenvalue weighted by molar-refractivity contribution is 5.98. The minimum absolute atomic E-state index is 0.101. The fourth-order valence-electron chi connectivity index (χ4n) is 3.48. The quantitative estimate of drug-likeness (QED) is 0.545. The van der Waals surface area contributed by atoms with E-state index < -0.39 is 0 Å². The van der Waals surface area contributed by atoms with Gasteiger partial charge in [-0.05, 0) is 61.5 Å². The highest BCUT2D eigenvalue weighted by Gasteiger charge is 2.18. The molecule has 0 saturated heterocycles. The van der Waals surface area contributed by atoms with Crippen LogP contribution in [-0.4, -0.2) is 40.5 Å². The number of hydrogen-bond donors (Lipinski definition) is 1. The van der Waals surface area contributed by atoms with Gasteiger partial charge in [0.05, 0.1) is 11.0 Å². The van der Waals surface area contributed by atoms with Crippen molar-refractivity contribution in [1.82, 2.24) is 14.5 Å². The maximum atomic E-state index is 13.5. The smallest absolute Gasteiger partial charge is 0.253 e. The molecule has 5 nitrogen and oxygen atoms in total. The standard InChI is InChI=1S/C24H23FN4O/c1-16-3-10-20(11-4-16)29-22-12-7-18(24(30)28(2)14-13-26)15-21(22)27-23(29)17-5-8-19(25)9-6-17/h3-12,15H,13-14,26H2,1-2H3. The average Bonchev–Trinajstić information content (AvgIpc) is 3.13. The molecule has 0 radical (unpaired) electrons. The summed E-state index contributed by atoms with van der Waals surface area (Å²) in [6.07, 6.45) is 0. The predicted molar refractivity (Wildman–Crippen MR) is 117 cm³/mol. The molecule has 152 valence electrons. The third-order valence-electron chi connectivity index (χ3n) is 5.11. The van der Waals surface area contributed by atoms with E-state index in [0.717, 1.165) is 22.3 Å². The molecule has 0 aliphatic heterocycles. The number of imidazole rings is 1. The zero-order chi connectivity index (χ0) is 21.3. The molecule has 0 spiro atoms. The van der Waals surface area contributed by atoms with Crippen molar-refractivity contribution < 1.29 is 9.18 Å². The van der Waals surface area contributed by atoms with E-state index in [0.29, 0.717) is 30.0 Å². The lowest BCUT2D eigenvalue weighted by atomic mass is 10.1. The van der Waals surface area contributed by atoms with E-state index in [1.807, 2.05) is 41.8 Å². The van der Waals surface area contributed by atoms with Crippen LogP contribution in [0.15, 0.2) is 66.7 Å². The van der Waals surface area contributed by atoms with Crippen LogP contribution in [0.3, 0.4) is 0 Å². The van der Waals surface area contributed by atoms with Crippen molar-refractivity contribution in [1.29, 1.82) is 0 Å². The Labute approximate surface area is 174 Å². The van der Waals surface area contributed by atoms with E-state index in [1.165, 1.54) is 12.1 Å². The Balaban J connectivity index is 1.89. The number of nitrogens with two attached hydrogens (primary N) is 1. The number of hydrogen-bond acceptors (Lipinski definition) is 3. The molecule has 0 fully saturated rings. The second-order valence-electron chi connectivity index (χ2n) is 7.33. The summed E-state index contributed by atoms with van der Waals surface area (Å²) < 4.78 is 15.5. The lowest BCUT2D eigenvalue weighted by Gasteiger charge is -2.16. The summed E-state index contributed by atoms with van der Waals surface area (Å²) in [6, 6.07) is 19.9. The molecule has 0 bridgehead atoms. The van der Waals surface area contributed by atoms with Gasteiger partial charge in [0.1, 0.15) is 11.6 Å². The molecule has 30 heavy (non-hydrogen) atoms. The average molecular weight is 402 g/mol. The zero-order valence-electron chi connectivity index (χ0n) is 17.0. The van der Waals surface area contributed by atoms with Gasteiger partial charge in [0.15, 0.2) is 0 Å². The van der Waals surface area contributed by atoms with Crippen molar-refractivity contribution in [2.45, 2.75) is 6.92 Å². The van der Waals surface area contributed by atoms with E-state index in [2.05, 4.69) is 0 Å². The van der Waals surface area contributed by atoms with Gasteiger partial charge < -0.3 is 10.6 Å². The molecule has 0 aliphatic rings. The summed E-state index contributed by atoms with van der Waals surface area (Å²) in [5.74, 6) is 0.289. The number of likely N-dealkylation sites (N-methyl/N-ethyl adjacent to an activating group) is 1. The normalized spacial score (nSPS) is 11.1. The summed E-state index contributed by atoms with van der Waals surface area (Å²) >= 11 is 0. The second-order valence-corrected chi connectivity index (χ2v) is 7.33. The molecular formula is C24H23FN4O. The Morgan fingerprint density at radius 3 is 2.43 bits per heavy atom. The molecule has 0 atom stereocenters. The van der Waals surface area contributed by atoms with Crippen molar-refractivity contribution in [3.05, 3.63) is 83.7 Å². The molecule has 1 amide bonds. The SMILES string of the molecule is Cc1ccc(-n2c(-c3ccc(F)cc3)nc3cc(C(=O)N(C)CCN)ccc32)cc1. The van der Waals surface area contributed by atoms with Crippen molar-refractivity contribution in [3.63, 3.8) is 0 Å². The fourth-order valence-corrected chi connectivity index (χ4v) is 3.48. The highest BCUT2D eigenvalue weighted by Crippen LogP contribution is 2.29. The number of halogens is 1. The van der Waals surface area contributed by atoms with Crippen molar-refractivity contribution in [2.24, 2.45) is 5.73 Å². The van der Waals surface area contributed by atoms with Crippen LogP contribution < -0.4 is 5.73 Å². The summed E-state index contributed by atoms with van der Waals surface area (Å²) in [4.78, 5) is 19.1. The topological polar surface area (TPSA) is 64.2 Å². The molecule has 0 saturated carbocycles. The Morgan fingerprint density at radius 1 is 1.07 bits per heavy atom. The maximum Gasteiger partial charge on any atom is 0.253 e. The number of aryl methyl sites for hydroxylation is 1. The molecule has 1 aromatic heterocycles. The van der Waals surface area contributed by atoms with Gasteiger partial charge in [-0.3, -0.25) is 9.36 Å². The van der Waals surface area contributed by atoms with Gasteiger partial charge in [-0.15, -0.1) is 0 Å². The number of fused-ring (bicyclic) bond motifs is 1. The Bertz CT molecular complexity index is 1200. The molecule has 3 aromatic carbocycles. The number of carbonyl (C=O) groups excluding carboxylic acids is 1. The molecular weight excluding hydrogens is 379 g/mol. The zero-order valence-corrected chi connectivity index (χ0v) is 17.0. The Kier molecular flexibility index (Phi) is 5.33. The van der Waals surface area contributed by atoms with Crippen LogP contribution in [0, 0.1) is 12.7 Å². The third kappa shape index (κ3) is 3.69. The summed E-state index contributed by atoms with van der Waals surface area (Å²) in [6.45, 7) is 2.92. The van der Waals surface area contributed by atoms with Gasteiger partial charge in [0.2, 0.25) is 0 Å². The molecule has 1 heterocycles. The van der Waals surface area contributed by atoms with E-state index in [9.17, 15) is 9.18 Å². The van der Waals surface area contributed by atoms with Gasteiger partial charge in [-0.2, -0.15) is 0 Å². The van der Waals surface area contributed by atoms with E-state index in [1.54, 1.807) is 36.2 Å². The van der Waals surface area contributed by atoms with Crippen molar-refractivity contribution in [3.8, 4) is 17.1 Å². The minimum atomic E-state index is -0.299. The first-order chi connectivity index (χ1) is 14.5. The maximum absolute atomic E-state index is 13.5. The summed E-state index contributed by atoms with van der Waals surface area (Å²) in [5.41, 5.74) is 10.6. The van der Waals surface area contributed by atoms with Gasteiger partial charge >= 0.3 is 0 Å². The van der Waals surface area contributed by atoms with Crippen LogP contribution in [-0.2, 0) is 0 Å². The van der Waals surface area contributed by atoms with Crippen LogP contribution in [0.5, 0.6) is 0 Å². The van der Waals surface area contributed by atoms with Gasteiger partial charge in [0, 0.05) is 37.0 Å². The minimum Gasteiger partial charge on any atom is -0.340 e. The fraction of sp³-hybridized carbons (Fsp3) is 0.167. The third-order valence-corrected chi connectivity index (χ3v) is 5.11. The van der Waals surface area contributed by atoms with Crippen LogP contribution in [0.2, 0.25) is 0 Å². The highest BCUT2D eigenvalue weighted by atomic mass is 19.1. The first kappa shape index (κ1) is 19.8. The number of benzene rings is 3. The van der Waals surface area contributed by atoms with Gasteiger partial charge in [-0.1, -0.05) is 17.7 Å². The Hall–Kier alpha value is -3.51. The molecule has 0 unspecified atom stereocenters. The first-order valence-corrected chi connectivity index (χ1v) is 9.79. The summed E-state index contributed by atoms with van der Waals surface area (Å²) in [7, 11) is 1.73. The van der Waals surface area contributed by atoms with Crippen LogP contribution in [0.4, 0.5) is 4.39 Å². The van der Waals surface area contributed by atoms with E-state index >= 15 is 0 Å². The first-order valence-electron chi connectivity index (χ1n) is 9.79. The molecule has 0 aliphatic carbocycles. The number of amides is 1. The summed E-state index contributed by atoms with van der Waals surface area (Å²) in [5, 5.41) is 0. The molecule has 6 heteroatoms. The monoisotopic (exact) mass is 402 g/mol. The number of rotatable bonds is 5. The lowest BCUT2D eigenvalue weighted by molar-refractivity contribution is 0.0799. The van der Waals surface area contributed by atoms with Gasteiger partial charge in [0.25, 0.3) is 5.91 Å². The molecule has 4 aromatic rings. The van der Waals surface area contributed by atoms with Crippen LogP contribution >= 0.6 is 0 Å². The number of carbonyl (C=O) groups is 1. The Morgan fingerprint density at radius 2 is 1.77 bits per heavy atom. The van der Waals surface area contributed by atoms with Crippen molar-refractivity contribution in [2.75, 3.05) is 20.1 Å².